The minimum absolute atomic E-state index is 0.0951. The first-order chi connectivity index (χ1) is 5.51. The molecule has 0 bridgehead atoms. The van der Waals surface area contributed by atoms with Crippen LogP contribution in [0.2, 0.25) is 0 Å². The van der Waals surface area contributed by atoms with Gasteiger partial charge in [-0.25, -0.2) is 4.68 Å². The summed E-state index contributed by atoms with van der Waals surface area (Å²) in [5.41, 5.74) is 5.48. The number of rotatable bonds is 2. The van der Waals surface area contributed by atoms with Gasteiger partial charge in [0.25, 0.3) is 0 Å². The lowest BCUT2D eigenvalue weighted by Crippen LogP contribution is -2.18. The number of alkyl halides is 3. The number of hydrogen-bond acceptors (Lipinski definition) is 3. The monoisotopic (exact) mass is 180 g/mol. The van der Waals surface area contributed by atoms with Crippen LogP contribution in [0.1, 0.15) is 5.69 Å². The van der Waals surface area contributed by atoms with E-state index in [-0.39, 0.29) is 6.54 Å². The van der Waals surface area contributed by atoms with Crippen molar-refractivity contribution in [3.8, 4) is 0 Å². The second-order valence-corrected chi connectivity index (χ2v) is 2.23. The van der Waals surface area contributed by atoms with Crippen LogP contribution in [-0.2, 0) is 13.1 Å². The van der Waals surface area contributed by atoms with E-state index in [1.165, 1.54) is 6.20 Å². The summed E-state index contributed by atoms with van der Waals surface area (Å²) in [5, 5.41) is 6.65. The zero-order valence-corrected chi connectivity index (χ0v) is 6.04. The first-order valence-corrected chi connectivity index (χ1v) is 3.17. The van der Waals surface area contributed by atoms with Crippen molar-refractivity contribution in [2.45, 2.75) is 19.3 Å². The van der Waals surface area contributed by atoms with E-state index in [0.717, 1.165) is 0 Å². The Morgan fingerprint density at radius 2 is 2.17 bits per heavy atom. The topological polar surface area (TPSA) is 56.7 Å². The normalized spacial score (nSPS) is 12.0. The van der Waals surface area contributed by atoms with Crippen LogP contribution < -0.4 is 5.73 Å². The second kappa shape index (κ2) is 3.10. The van der Waals surface area contributed by atoms with Crippen molar-refractivity contribution in [2.75, 3.05) is 0 Å². The van der Waals surface area contributed by atoms with Gasteiger partial charge in [0, 0.05) is 6.54 Å². The van der Waals surface area contributed by atoms with Crippen molar-refractivity contribution in [3.05, 3.63) is 11.9 Å². The van der Waals surface area contributed by atoms with Gasteiger partial charge in [-0.15, -0.1) is 5.10 Å². The number of hydrogen-bond donors (Lipinski definition) is 1. The van der Waals surface area contributed by atoms with Gasteiger partial charge in [-0.1, -0.05) is 5.21 Å². The summed E-state index contributed by atoms with van der Waals surface area (Å²) < 4.78 is 35.9. The van der Waals surface area contributed by atoms with Gasteiger partial charge in [0.05, 0.1) is 11.9 Å². The van der Waals surface area contributed by atoms with Crippen LogP contribution in [0.3, 0.4) is 0 Å². The Bertz CT molecular complexity index is 253. The van der Waals surface area contributed by atoms with Crippen molar-refractivity contribution in [1.82, 2.24) is 15.0 Å². The van der Waals surface area contributed by atoms with Gasteiger partial charge in [-0.05, 0) is 0 Å². The summed E-state index contributed by atoms with van der Waals surface area (Å²) >= 11 is 0. The van der Waals surface area contributed by atoms with Crippen LogP contribution in [0.15, 0.2) is 6.20 Å². The molecule has 68 valence electrons. The van der Waals surface area contributed by atoms with E-state index in [9.17, 15) is 13.2 Å². The maximum atomic E-state index is 11.7. The lowest BCUT2D eigenvalue weighted by molar-refractivity contribution is -0.142. The van der Waals surface area contributed by atoms with Gasteiger partial charge >= 0.3 is 6.18 Å². The highest BCUT2D eigenvalue weighted by Gasteiger charge is 2.28. The fourth-order valence-electron chi connectivity index (χ4n) is 0.693. The highest BCUT2D eigenvalue weighted by Crippen LogP contribution is 2.16. The van der Waals surface area contributed by atoms with E-state index >= 15 is 0 Å². The smallest absolute Gasteiger partial charge is 0.325 e. The van der Waals surface area contributed by atoms with Crippen LogP contribution in [0.5, 0.6) is 0 Å². The summed E-state index contributed by atoms with van der Waals surface area (Å²) in [6.45, 7) is -1.03. The minimum Gasteiger partial charge on any atom is -0.325 e. The molecule has 0 atom stereocenters. The molecule has 4 nitrogen and oxygen atoms in total. The van der Waals surface area contributed by atoms with E-state index in [1.54, 1.807) is 0 Å². The Morgan fingerprint density at radius 3 is 2.58 bits per heavy atom. The zero-order valence-electron chi connectivity index (χ0n) is 6.04. The molecule has 0 aliphatic rings. The van der Waals surface area contributed by atoms with Crippen LogP contribution in [-0.4, -0.2) is 21.2 Å². The largest absolute Gasteiger partial charge is 0.408 e. The summed E-state index contributed by atoms with van der Waals surface area (Å²) in [6.07, 6.45) is -3.09. The van der Waals surface area contributed by atoms with Gasteiger partial charge in [0.1, 0.15) is 6.54 Å². The third-order valence-corrected chi connectivity index (χ3v) is 1.14. The van der Waals surface area contributed by atoms with Crippen molar-refractivity contribution in [3.63, 3.8) is 0 Å². The van der Waals surface area contributed by atoms with E-state index < -0.39 is 12.7 Å². The van der Waals surface area contributed by atoms with E-state index in [4.69, 9.17) is 5.73 Å². The molecule has 0 saturated heterocycles. The minimum atomic E-state index is -4.26. The molecule has 7 heteroatoms. The summed E-state index contributed by atoms with van der Waals surface area (Å²) in [5.74, 6) is 0. The molecule has 1 aromatic rings. The third kappa shape index (κ3) is 2.50. The molecule has 1 rings (SSSR count). The first kappa shape index (κ1) is 8.98. The molecule has 0 saturated carbocycles. The van der Waals surface area contributed by atoms with Gasteiger partial charge in [0.2, 0.25) is 0 Å². The molecule has 0 aliphatic carbocycles. The number of aromatic nitrogens is 3. The maximum absolute atomic E-state index is 11.7. The van der Waals surface area contributed by atoms with Gasteiger partial charge in [-0.3, -0.25) is 0 Å². The van der Waals surface area contributed by atoms with E-state index in [1.807, 2.05) is 0 Å². The quantitative estimate of drug-likeness (QED) is 0.712. The van der Waals surface area contributed by atoms with Crippen molar-refractivity contribution in [2.24, 2.45) is 5.73 Å². The fourth-order valence-corrected chi connectivity index (χ4v) is 0.693. The van der Waals surface area contributed by atoms with Crippen LogP contribution >= 0.6 is 0 Å². The lowest BCUT2D eigenvalue weighted by Gasteiger charge is -2.03. The molecule has 0 unspecified atom stereocenters. The van der Waals surface area contributed by atoms with E-state index in [0.29, 0.717) is 10.4 Å². The summed E-state index contributed by atoms with van der Waals surface area (Å²) in [6, 6.07) is 0. The summed E-state index contributed by atoms with van der Waals surface area (Å²) in [7, 11) is 0. The second-order valence-electron chi connectivity index (χ2n) is 2.23. The van der Waals surface area contributed by atoms with Gasteiger partial charge < -0.3 is 5.73 Å². The number of nitrogens with two attached hydrogens (primary N) is 1. The Labute approximate surface area is 66.2 Å². The Kier molecular flexibility index (Phi) is 2.32. The molecular weight excluding hydrogens is 173 g/mol. The van der Waals surface area contributed by atoms with Crippen molar-refractivity contribution >= 4 is 0 Å². The average molecular weight is 180 g/mol. The third-order valence-electron chi connectivity index (χ3n) is 1.14. The molecule has 2 N–H and O–H groups in total. The first-order valence-electron chi connectivity index (χ1n) is 3.17. The lowest BCUT2D eigenvalue weighted by atomic mass is 10.5. The molecule has 0 aliphatic heterocycles. The van der Waals surface area contributed by atoms with Gasteiger partial charge in [-0.2, -0.15) is 13.2 Å². The SMILES string of the molecule is NCc1cn(CC(F)(F)F)nn1. The molecular formula is C5H7F3N4. The molecule has 12 heavy (non-hydrogen) atoms. The predicted octanol–water partition coefficient (Wildman–Crippen LogP) is 0.299. The maximum Gasteiger partial charge on any atom is 0.408 e. The Hall–Kier alpha value is -1.11. The summed E-state index contributed by atoms with van der Waals surface area (Å²) in [4.78, 5) is 0. The highest BCUT2D eigenvalue weighted by atomic mass is 19.4. The highest BCUT2D eigenvalue weighted by molar-refractivity contribution is 4.90. The Morgan fingerprint density at radius 1 is 1.50 bits per heavy atom. The predicted molar refractivity (Wildman–Crippen MR) is 34.0 cm³/mol. The van der Waals surface area contributed by atoms with Crippen LogP contribution in [0.4, 0.5) is 13.2 Å². The zero-order chi connectivity index (χ0) is 9.19. The number of nitrogens with zero attached hydrogens (tertiary/aromatic N) is 3. The van der Waals surface area contributed by atoms with Crippen LogP contribution in [0.25, 0.3) is 0 Å². The standard InChI is InChI=1S/C5H7F3N4/c6-5(7,8)3-12-2-4(1-9)10-11-12/h2H,1,3,9H2. The molecule has 0 fully saturated rings. The van der Waals surface area contributed by atoms with E-state index in [2.05, 4.69) is 10.3 Å². The Balaban J connectivity index is 2.64. The van der Waals surface area contributed by atoms with Crippen molar-refractivity contribution in [1.29, 1.82) is 0 Å². The average Bonchev–Trinajstić information content (AvgIpc) is 2.32. The molecule has 0 aromatic carbocycles. The molecule has 0 amide bonds. The van der Waals surface area contributed by atoms with Gasteiger partial charge in [0.15, 0.2) is 0 Å². The van der Waals surface area contributed by atoms with Crippen LogP contribution in [0, 0.1) is 0 Å². The molecule has 0 radical (unpaired) electrons. The van der Waals surface area contributed by atoms with Crippen molar-refractivity contribution < 1.29 is 13.2 Å². The molecule has 1 aromatic heterocycles. The molecule has 1 heterocycles. The number of halogens is 3. The fraction of sp³-hybridized carbons (Fsp3) is 0.600. The molecule has 0 spiro atoms.